The summed E-state index contributed by atoms with van der Waals surface area (Å²) in [5.41, 5.74) is 5.50. The second-order valence-corrected chi connectivity index (χ2v) is 4.63. The molecule has 0 unspecified atom stereocenters. The predicted molar refractivity (Wildman–Crippen MR) is 75.0 cm³/mol. The molecule has 2 N–H and O–H groups in total. The Labute approximate surface area is 122 Å². The lowest BCUT2D eigenvalue weighted by Gasteiger charge is -2.31. The maximum absolute atomic E-state index is 12.8. The SMILES string of the molecule is CCC(CC)N(CCOC)c1cc(N)nc(C(F)(F)F)n1. The lowest BCUT2D eigenvalue weighted by molar-refractivity contribution is -0.144. The number of anilines is 2. The van der Waals surface area contributed by atoms with Crippen LogP contribution in [-0.4, -0.2) is 36.3 Å². The van der Waals surface area contributed by atoms with E-state index in [9.17, 15) is 13.2 Å². The number of aromatic nitrogens is 2. The van der Waals surface area contributed by atoms with Crippen molar-refractivity contribution in [2.75, 3.05) is 30.9 Å². The minimum Gasteiger partial charge on any atom is -0.384 e. The Morgan fingerprint density at radius 1 is 1.29 bits per heavy atom. The molecule has 0 bridgehead atoms. The number of hydrogen-bond donors (Lipinski definition) is 1. The van der Waals surface area contributed by atoms with Crippen LogP contribution in [0.25, 0.3) is 0 Å². The molecule has 0 saturated heterocycles. The summed E-state index contributed by atoms with van der Waals surface area (Å²) in [5, 5.41) is 0. The van der Waals surface area contributed by atoms with Crippen molar-refractivity contribution in [1.82, 2.24) is 9.97 Å². The quantitative estimate of drug-likeness (QED) is 0.839. The van der Waals surface area contributed by atoms with Crippen LogP contribution in [0.1, 0.15) is 32.5 Å². The maximum Gasteiger partial charge on any atom is 0.451 e. The number of nitrogens with zero attached hydrogens (tertiary/aromatic N) is 3. The molecule has 0 aliphatic carbocycles. The monoisotopic (exact) mass is 306 g/mol. The number of nitrogens with two attached hydrogens (primary N) is 1. The minimum atomic E-state index is -4.62. The van der Waals surface area contributed by atoms with Crippen LogP contribution < -0.4 is 10.6 Å². The summed E-state index contributed by atoms with van der Waals surface area (Å²) in [6, 6.07) is 1.43. The molecule has 0 saturated carbocycles. The zero-order valence-corrected chi connectivity index (χ0v) is 12.4. The zero-order valence-electron chi connectivity index (χ0n) is 12.4. The first-order valence-electron chi connectivity index (χ1n) is 6.80. The summed E-state index contributed by atoms with van der Waals surface area (Å²) in [7, 11) is 1.54. The molecule has 0 amide bonds. The van der Waals surface area contributed by atoms with Crippen LogP contribution in [0.4, 0.5) is 24.8 Å². The van der Waals surface area contributed by atoms with Crippen LogP contribution in [0.3, 0.4) is 0 Å². The third-order valence-electron chi connectivity index (χ3n) is 3.20. The van der Waals surface area contributed by atoms with Gasteiger partial charge in [0.05, 0.1) is 6.61 Å². The van der Waals surface area contributed by atoms with Gasteiger partial charge >= 0.3 is 6.18 Å². The van der Waals surface area contributed by atoms with E-state index in [2.05, 4.69) is 9.97 Å². The van der Waals surface area contributed by atoms with E-state index in [0.29, 0.717) is 13.2 Å². The fourth-order valence-corrected chi connectivity index (χ4v) is 2.13. The summed E-state index contributed by atoms with van der Waals surface area (Å²) < 4.78 is 43.4. The summed E-state index contributed by atoms with van der Waals surface area (Å²) in [6.45, 7) is 4.78. The second-order valence-electron chi connectivity index (χ2n) is 4.63. The smallest absolute Gasteiger partial charge is 0.384 e. The Morgan fingerprint density at radius 2 is 1.90 bits per heavy atom. The number of nitrogen functional groups attached to an aromatic ring is 1. The maximum atomic E-state index is 12.8. The fraction of sp³-hybridized carbons (Fsp3) is 0.692. The normalized spacial score (nSPS) is 12.0. The molecule has 1 rings (SSSR count). The highest BCUT2D eigenvalue weighted by Crippen LogP contribution is 2.29. The summed E-state index contributed by atoms with van der Waals surface area (Å²) in [6.07, 6.45) is -3.05. The molecule has 1 heterocycles. The molecule has 1 aromatic rings. The van der Waals surface area contributed by atoms with Crippen molar-refractivity contribution in [3.63, 3.8) is 0 Å². The van der Waals surface area contributed by atoms with Gasteiger partial charge in [-0.3, -0.25) is 0 Å². The van der Waals surface area contributed by atoms with Gasteiger partial charge in [0.15, 0.2) is 0 Å². The van der Waals surface area contributed by atoms with Gasteiger partial charge in [-0.15, -0.1) is 0 Å². The van der Waals surface area contributed by atoms with Crippen molar-refractivity contribution in [3.8, 4) is 0 Å². The molecule has 0 aromatic carbocycles. The molecule has 0 spiro atoms. The highest BCUT2D eigenvalue weighted by Gasteiger charge is 2.36. The van der Waals surface area contributed by atoms with Crippen molar-refractivity contribution in [1.29, 1.82) is 0 Å². The van der Waals surface area contributed by atoms with Crippen molar-refractivity contribution in [2.24, 2.45) is 0 Å². The van der Waals surface area contributed by atoms with Gasteiger partial charge < -0.3 is 15.4 Å². The molecule has 120 valence electrons. The number of rotatable bonds is 7. The van der Waals surface area contributed by atoms with Crippen LogP contribution in [-0.2, 0) is 10.9 Å². The second kappa shape index (κ2) is 7.44. The molecular formula is C13H21F3N4O. The van der Waals surface area contributed by atoms with Gasteiger partial charge in [-0.1, -0.05) is 13.8 Å². The number of methoxy groups -OCH3 is 1. The molecule has 8 heteroatoms. The highest BCUT2D eigenvalue weighted by molar-refractivity contribution is 5.48. The Hall–Kier alpha value is -1.57. The topological polar surface area (TPSA) is 64.3 Å². The van der Waals surface area contributed by atoms with Crippen LogP contribution in [0.15, 0.2) is 6.07 Å². The third-order valence-corrected chi connectivity index (χ3v) is 3.20. The van der Waals surface area contributed by atoms with Gasteiger partial charge in [0.1, 0.15) is 11.6 Å². The van der Waals surface area contributed by atoms with E-state index >= 15 is 0 Å². The number of hydrogen-bond acceptors (Lipinski definition) is 5. The van der Waals surface area contributed by atoms with Crippen LogP contribution in [0.2, 0.25) is 0 Å². The van der Waals surface area contributed by atoms with E-state index in [0.717, 1.165) is 12.8 Å². The van der Waals surface area contributed by atoms with Crippen LogP contribution >= 0.6 is 0 Å². The number of halogens is 3. The number of alkyl halides is 3. The largest absolute Gasteiger partial charge is 0.451 e. The Morgan fingerprint density at radius 3 is 2.38 bits per heavy atom. The third kappa shape index (κ3) is 4.73. The van der Waals surface area contributed by atoms with E-state index in [1.165, 1.54) is 6.07 Å². The average Bonchev–Trinajstić information content (AvgIpc) is 2.41. The molecule has 5 nitrogen and oxygen atoms in total. The highest BCUT2D eigenvalue weighted by atomic mass is 19.4. The average molecular weight is 306 g/mol. The summed E-state index contributed by atoms with van der Waals surface area (Å²) in [4.78, 5) is 8.68. The minimum absolute atomic E-state index is 0.0653. The van der Waals surface area contributed by atoms with Crippen molar-refractivity contribution in [3.05, 3.63) is 11.9 Å². The molecule has 0 atom stereocenters. The van der Waals surface area contributed by atoms with Gasteiger partial charge in [0.25, 0.3) is 0 Å². The van der Waals surface area contributed by atoms with E-state index in [1.807, 2.05) is 13.8 Å². The Bertz CT molecular complexity index is 450. The fourth-order valence-electron chi connectivity index (χ4n) is 2.13. The summed E-state index contributed by atoms with van der Waals surface area (Å²) in [5.74, 6) is -1.23. The molecule has 0 aliphatic heterocycles. The van der Waals surface area contributed by atoms with Crippen LogP contribution in [0, 0.1) is 0 Å². The first-order valence-corrected chi connectivity index (χ1v) is 6.80. The van der Waals surface area contributed by atoms with Gasteiger partial charge in [-0.2, -0.15) is 13.2 Å². The summed E-state index contributed by atoms with van der Waals surface area (Å²) >= 11 is 0. The van der Waals surface area contributed by atoms with Gasteiger partial charge in [-0.05, 0) is 12.8 Å². The van der Waals surface area contributed by atoms with Crippen molar-refractivity contribution >= 4 is 11.6 Å². The standard InChI is InChI=1S/C13H21F3N4O/c1-4-9(5-2)20(6-7-21-3)11-8-10(17)18-12(19-11)13(14,15)16/h8-9H,4-7H2,1-3H3,(H2,17,18,19). The predicted octanol–water partition coefficient (Wildman–Crippen LogP) is 2.72. The van der Waals surface area contributed by atoms with Gasteiger partial charge in [0.2, 0.25) is 5.82 Å². The molecule has 0 fully saturated rings. The van der Waals surface area contributed by atoms with E-state index < -0.39 is 12.0 Å². The van der Waals surface area contributed by atoms with E-state index in [1.54, 1.807) is 12.0 Å². The van der Waals surface area contributed by atoms with Crippen molar-refractivity contribution < 1.29 is 17.9 Å². The molecule has 0 radical (unpaired) electrons. The number of ether oxygens (including phenoxy) is 1. The zero-order chi connectivity index (χ0) is 16.0. The van der Waals surface area contributed by atoms with Crippen LogP contribution in [0.5, 0.6) is 0 Å². The van der Waals surface area contributed by atoms with Crippen molar-refractivity contribution in [2.45, 2.75) is 38.9 Å². The first kappa shape index (κ1) is 17.5. The van der Waals surface area contributed by atoms with Gasteiger partial charge in [0, 0.05) is 25.8 Å². The first-order chi connectivity index (χ1) is 9.83. The lowest BCUT2D eigenvalue weighted by atomic mass is 10.1. The Kier molecular flexibility index (Phi) is 6.19. The molecule has 21 heavy (non-hydrogen) atoms. The van der Waals surface area contributed by atoms with E-state index in [4.69, 9.17) is 10.5 Å². The molecule has 0 aliphatic rings. The van der Waals surface area contributed by atoms with E-state index in [-0.39, 0.29) is 17.7 Å². The Balaban J connectivity index is 3.20. The van der Waals surface area contributed by atoms with Gasteiger partial charge in [-0.25, -0.2) is 9.97 Å². The lowest BCUT2D eigenvalue weighted by Crippen LogP contribution is -2.38. The molecule has 1 aromatic heterocycles. The molecular weight excluding hydrogens is 285 g/mol.